The van der Waals surface area contributed by atoms with E-state index in [0.717, 1.165) is 0 Å². The molecule has 2 unspecified atom stereocenters. The highest BCUT2D eigenvalue weighted by Gasteiger charge is 2.20. The summed E-state index contributed by atoms with van der Waals surface area (Å²) >= 11 is 0.542. The van der Waals surface area contributed by atoms with Crippen LogP contribution in [0.2, 0.25) is 0 Å². The van der Waals surface area contributed by atoms with Crippen molar-refractivity contribution in [1.29, 1.82) is 0 Å². The van der Waals surface area contributed by atoms with Gasteiger partial charge in [0.05, 0.1) is 6.42 Å². The standard InChI is InChI=1S/C9H15NO5S/c1-6(8(5-11)10-7(2)12)15-9(13)3-4-16-14/h5-6,8,14H,3-4H2,1-2H3,(H,10,12). The van der Waals surface area contributed by atoms with Gasteiger partial charge in [-0.25, -0.2) is 0 Å². The number of carbonyl (C=O) groups is 3. The monoisotopic (exact) mass is 249 g/mol. The molecule has 0 radical (unpaired) electrons. The van der Waals surface area contributed by atoms with Crippen LogP contribution in [0.5, 0.6) is 0 Å². The molecular formula is C9H15NO5S. The quantitative estimate of drug-likeness (QED) is 0.381. The maximum atomic E-state index is 11.1. The minimum atomic E-state index is -0.844. The molecular weight excluding hydrogens is 234 g/mol. The minimum absolute atomic E-state index is 0.0527. The molecule has 1 amide bonds. The average Bonchev–Trinajstić information content (AvgIpc) is 2.22. The first kappa shape index (κ1) is 14.9. The van der Waals surface area contributed by atoms with Crippen LogP contribution in [-0.2, 0) is 19.1 Å². The Morgan fingerprint density at radius 2 is 2.19 bits per heavy atom. The molecule has 0 bridgehead atoms. The maximum Gasteiger partial charge on any atom is 0.307 e. The summed E-state index contributed by atoms with van der Waals surface area (Å²) < 4.78 is 13.3. The molecule has 0 saturated heterocycles. The Labute approximate surface area is 97.9 Å². The second kappa shape index (κ2) is 8.12. The van der Waals surface area contributed by atoms with Crippen LogP contribution in [0.1, 0.15) is 20.3 Å². The van der Waals surface area contributed by atoms with Gasteiger partial charge >= 0.3 is 5.97 Å². The van der Waals surface area contributed by atoms with Gasteiger partial charge in [-0.3, -0.25) is 9.59 Å². The van der Waals surface area contributed by atoms with Gasteiger partial charge in [-0.05, 0) is 19.0 Å². The number of nitrogens with one attached hydrogen (secondary N) is 1. The fourth-order valence-corrected chi connectivity index (χ4v) is 1.22. The van der Waals surface area contributed by atoms with Crippen molar-refractivity contribution in [3.05, 3.63) is 0 Å². The van der Waals surface area contributed by atoms with Crippen molar-refractivity contribution in [2.24, 2.45) is 0 Å². The van der Waals surface area contributed by atoms with Crippen LogP contribution in [-0.4, -0.2) is 40.6 Å². The Balaban J connectivity index is 4.09. The minimum Gasteiger partial charge on any atom is -0.460 e. The predicted octanol–water partition coefficient (Wildman–Crippen LogP) is 0.218. The van der Waals surface area contributed by atoms with Gasteiger partial charge in [0.1, 0.15) is 18.4 Å². The molecule has 0 fully saturated rings. The Morgan fingerprint density at radius 1 is 1.56 bits per heavy atom. The van der Waals surface area contributed by atoms with Crippen LogP contribution in [0.15, 0.2) is 0 Å². The van der Waals surface area contributed by atoms with Crippen LogP contribution in [0.3, 0.4) is 0 Å². The summed E-state index contributed by atoms with van der Waals surface area (Å²) in [6, 6.07) is -0.844. The van der Waals surface area contributed by atoms with Crippen molar-refractivity contribution in [2.75, 3.05) is 5.75 Å². The highest BCUT2D eigenvalue weighted by molar-refractivity contribution is 7.93. The van der Waals surface area contributed by atoms with E-state index in [1.165, 1.54) is 13.8 Å². The van der Waals surface area contributed by atoms with Gasteiger partial charge in [0.15, 0.2) is 0 Å². The molecule has 2 N–H and O–H groups in total. The van der Waals surface area contributed by atoms with E-state index < -0.39 is 18.1 Å². The lowest BCUT2D eigenvalue weighted by molar-refractivity contribution is -0.150. The van der Waals surface area contributed by atoms with Crippen molar-refractivity contribution >= 4 is 30.2 Å². The Hall–Kier alpha value is -1.08. The lowest BCUT2D eigenvalue weighted by atomic mass is 10.2. The van der Waals surface area contributed by atoms with E-state index >= 15 is 0 Å². The van der Waals surface area contributed by atoms with E-state index in [1.807, 2.05) is 0 Å². The van der Waals surface area contributed by atoms with Crippen molar-refractivity contribution in [2.45, 2.75) is 32.4 Å². The third kappa shape index (κ3) is 6.41. The zero-order valence-electron chi connectivity index (χ0n) is 9.13. The van der Waals surface area contributed by atoms with Crippen LogP contribution < -0.4 is 5.32 Å². The molecule has 0 aromatic rings. The summed E-state index contributed by atoms with van der Waals surface area (Å²) in [5, 5.41) is 2.35. The number of aldehydes is 1. The number of esters is 1. The number of hydrogen-bond donors (Lipinski definition) is 2. The molecule has 0 spiro atoms. The Morgan fingerprint density at radius 3 is 2.62 bits per heavy atom. The molecule has 2 atom stereocenters. The molecule has 0 aromatic heterocycles. The molecule has 6 nitrogen and oxygen atoms in total. The lowest BCUT2D eigenvalue weighted by Gasteiger charge is -2.19. The summed E-state index contributed by atoms with van der Waals surface area (Å²) in [5.74, 6) is -0.658. The first-order valence-electron chi connectivity index (χ1n) is 4.69. The Bertz CT molecular complexity index is 258. The van der Waals surface area contributed by atoms with Gasteiger partial charge in [0.2, 0.25) is 5.91 Å². The van der Waals surface area contributed by atoms with Crippen molar-refractivity contribution < 1.29 is 23.7 Å². The fraction of sp³-hybridized carbons (Fsp3) is 0.667. The average molecular weight is 249 g/mol. The summed E-state index contributed by atoms with van der Waals surface area (Å²) in [4.78, 5) is 32.5. The zero-order chi connectivity index (χ0) is 12.6. The predicted molar refractivity (Wildman–Crippen MR) is 58.9 cm³/mol. The normalized spacial score (nSPS) is 13.7. The van der Waals surface area contributed by atoms with Gasteiger partial charge in [0, 0.05) is 12.7 Å². The van der Waals surface area contributed by atoms with Crippen molar-refractivity contribution in [3.8, 4) is 0 Å². The molecule has 16 heavy (non-hydrogen) atoms. The van der Waals surface area contributed by atoms with Crippen molar-refractivity contribution in [3.63, 3.8) is 0 Å². The molecule has 7 heteroatoms. The first-order chi connectivity index (χ1) is 7.51. The summed E-state index contributed by atoms with van der Waals surface area (Å²) in [7, 11) is 0. The number of ether oxygens (including phenoxy) is 1. The highest BCUT2D eigenvalue weighted by atomic mass is 32.2. The summed E-state index contributed by atoms with van der Waals surface area (Å²) in [6.07, 6.45) is -0.158. The molecule has 0 rings (SSSR count). The topological polar surface area (TPSA) is 92.7 Å². The van der Waals surface area contributed by atoms with E-state index in [1.54, 1.807) is 0 Å². The van der Waals surface area contributed by atoms with Gasteiger partial charge in [-0.2, -0.15) is 0 Å². The largest absolute Gasteiger partial charge is 0.460 e. The number of hydrogen-bond acceptors (Lipinski definition) is 6. The lowest BCUT2D eigenvalue weighted by Crippen LogP contribution is -2.44. The fourth-order valence-electron chi connectivity index (χ4n) is 0.965. The first-order valence-corrected chi connectivity index (χ1v) is 5.63. The zero-order valence-corrected chi connectivity index (χ0v) is 9.95. The molecule has 0 aliphatic carbocycles. The third-order valence-corrected chi connectivity index (χ3v) is 2.12. The third-order valence-electron chi connectivity index (χ3n) is 1.74. The highest BCUT2D eigenvalue weighted by Crippen LogP contribution is 2.02. The van der Waals surface area contributed by atoms with Crippen LogP contribution in [0.25, 0.3) is 0 Å². The Kier molecular flexibility index (Phi) is 7.57. The van der Waals surface area contributed by atoms with Gasteiger partial charge in [-0.1, -0.05) is 0 Å². The molecule has 0 aromatic carbocycles. The van der Waals surface area contributed by atoms with Crippen LogP contribution in [0, 0.1) is 0 Å². The number of carbonyl (C=O) groups excluding carboxylic acids is 3. The van der Waals surface area contributed by atoms with E-state index in [-0.39, 0.29) is 18.1 Å². The van der Waals surface area contributed by atoms with Gasteiger partial charge < -0.3 is 19.4 Å². The molecule has 0 heterocycles. The van der Waals surface area contributed by atoms with E-state index in [2.05, 4.69) is 5.32 Å². The van der Waals surface area contributed by atoms with Gasteiger partial charge in [-0.15, -0.1) is 0 Å². The van der Waals surface area contributed by atoms with E-state index in [0.29, 0.717) is 18.3 Å². The second-order valence-electron chi connectivity index (χ2n) is 3.14. The molecule has 0 aliphatic rings. The molecule has 92 valence electrons. The van der Waals surface area contributed by atoms with E-state index in [4.69, 9.17) is 9.29 Å². The maximum absolute atomic E-state index is 11.1. The van der Waals surface area contributed by atoms with Crippen LogP contribution >= 0.6 is 12.0 Å². The van der Waals surface area contributed by atoms with Crippen molar-refractivity contribution in [1.82, 2.24) is 5.32 Å². The summed E-state index contributed by atoms with van der Waals surface area (Å²) in [6.45, 7) is 2.78. The van der Waals surface area contributed by atoms with Crippen LogP contribution in [0.4, 0.5) is 0 Å². The second-order valence-corrected chi connectivity index (χ2v) is 3.81. The SMILES string of the molecule is CC(=O)NC(C=O)C(C)OC(=O)CCSO. The number of rotatable bonds is 7. The smallest absolute Gasteiger partial charge is 0.307 e. The van der Waals surface area contributed by atoms with E-state index in [9.17, 15) is 14.4 Å². The molecule has 0 aliphatic heterocycles. The summed E-state index contributed by atoms with van der Waals surface area (Å²) in [5.41, 5.74) is 0. The van der Waals surface area contributed by atoms with Gasteiger partial charge in [0.25, 0.3) is 0 Å². The number of amides is 1. The molecule has 0 saturated carbocycles.